The molecule has 0 aliphatic heterocycles. The predicted octanol–water partition coefficient (Wildman–Crippen LogP) is -2.93. The van der Waals surface area contributed by atoms with Crippen molar-refractivity contribution in [2.75, 3.05) is 13.2 Å². The van der Waals surface area contributed by atoms with Gasteiger partial charge >= 0.3 is 0 Å². The fourth-order valence-electron chi connectivity index (χ4n) is 2.73. The Morgan fingerprint density at radius 3 is 2.19 bits per heavy atom. The first-order valence-corrected chi connectivity index (χ1v) is 10.1. The number of carbonyl (C=O) groups excluding carboxylic acids is 5. The van der Waals surface area contributed by atoms with Crippen LogP contribution in [0.3, 0.4) is 0 Å². The average molecular weight is 454 g/mol. The van der Waals surface area contributed by atoms with E-state index in [0.29, 0.717) is 12.1 Å². The van der Waals surface area contributed by atoms with E-state index in [2.05, 4.69) is 31.2 Å². The summed E-state index contributed by atoms with van der Waals surface area (Å²) in [5.74, 6) is -3.29. The third-order valence-corrected chi connectivity index (χ3v) is 4.30. The van der Waals surface area contributed by atoms with Gasteiger partial charge in [-0.05, 0) is 12.3 Å². The number of aliphatic hydroxyl groups is 1. The van der Waals surface area contributed by atoms with Crippen molar-refractivity contribution in [1.82, 2.24) is 31.2 Å². The van der Waals surface area contributed by atoms with Crippen LogP contribution in [-0.4, -0.2) is 75.9 Å². The fraction of sp³-hybridized carbons (Fsp3) is 0.579. The Bertz CT molecular complexity index is 796. The first-order valence-electron chi connectivity index (χ1n) is 10.1. The highest BCUT2D eigenvalue weighted by Gasteiger charge is 2.29. The second kappa shape index (κ2) is 13.0. The molecule has 3 atom stereocenters. The van der Waals surface area contributed by atoms with Crippen LogP contribution in [0.25, 0.3) is 0 Å². The van der Waals surface area contributed by atoms with Crippen LogP contribution in [-0.2, 0) is 30.4 Å². The molecule has 0 fully saturated rings. The van der Waals surface area contributed by atoms with Crippen LogP contribution >= 0.6 is 0 Å². The Hall–Kier alpha value is -3.48. The average Bonchev–Trinajstić information content (AvgIpc) is 3.21. The molecule has 0 saturated carbocycles. The molecule has 13 nitrogen and oxygen atoms in total. The fourth-order valence-corrected chi connectivity index (χ4v) is 2.73. The van der Waals surface area contributed by atoms with Crippen molar-refractivity contribution in [3.8, 4) is 0 Å². The third-order valence-electron chi connectivity index (χ3n) is 4.30. The third kappa shape index (κ3) is 9.55. The molecule has 5 amide bonds. The molecule has 0 spiro atoms. The van der Waals surface area contributed by atoms with Crippen molar-refractivity contribution < 1.29 is 29.1 Å². The number of carbonyl (C=O) groups is 5. The van der Waals surface area contributed by atoms with Gasteiger partial charge in [-0.15, -0.1) is 0 Å². The molecule has 1 aromatic heterocycles. The van der Waals surface area contributed by atoms with Gasteiger partial charge in [0.15, 0.2) is 0 Å². The summed E-state index contributed by atoms with van der Waals surface area (Å²) in [6, 6.07) is -3.47. The van der Waals surface area contributed by atoms with Crippen LogP contribution in [0.5, 0.6) is 0 Å². The van der Waals surface area contributed by atoms with Gasteiger partial charge in [0.25, 0.3) is 0 Å². The van der Waals surface area contributed by atoms with Crippen LogP contribution in [0.4, 0.5) is 0 Å². The van der Waals surface area contributed by atoms with Crippen LogP contribution in [0.2, 0.25) is 0 Å². The number of nitrogens with zero attached hydrogens (tertiary/aromatic N) is 1. The van der Waals surface area contributed by atoms with E-state index in [1.54, 1.807) is 0 Å². The molecule has 1 aromatic rings. The highest BCUT2D eigenvalue weighted by molar-refractivity contribution is 5.94. The normalized spacial score (nSPS) is 13.5. The van der Waals surface area contributed by atoms with Crippen molar-refractivity contribution in [2.45, 2.75) is 51.7 Å². The van der Waals surface area contributed by atoms with Gasteiger partial charge in [0.1, 0.15) is 18.1 Å². The Morgan fingerprint density at radius 2 is 1.69 bits per heavy atom. The van der Waals surface area contributed by atoms with Crippen LogP contribution in [0.1, 0.15) is 32.9 Å². The molecule has 178 valence electrons. The molecule has 0 aliphatic carbocycles. The van der Waals surface area contributed by atoms with E-state index in [0.717, 1.165) is 0 Å². The summed E-state index contributed by atoms with van der Waals surface area (Å²) in [6.45, 7) is 3.82. The minimum absolute atomic E-state index is 0.0216. The Balaban J connectivity index is 2.91. The van der Waals surface area contributed by atoms with Gasteiger partial charge in [-0.1, -0.05) is 13.8 Å². The van der Waals surface area contributed by atoms with Crippen molar-refractivity contribution in [1.29, 1.82) is 0 Å². The van der Waals surface area contributed by atoms with E-state index in [1.165, 1.54) is 19.4 Å². The van der Waals surface area contributed by atoms with E-state index in [4.69, 9.17) is 5.73 Å². The standard InChI is InChI=1S/C19H31N7O6/c1-10(2)4-13(17(20)30)25-18(31)14(5-12-6-21-9-23-12)26-19(32)15(8-27)24-16(29)7-22-11(3)28/h6,9-10,13-15,27H,4-5,7-8H2,1-3H3,(H2,20,30)(H,21,23)(H,22,28)(H,24,29)(H,25,31)(H,26,32)/t13-,14-,15-/m0/s1. The van der Waals surface area contributed by atoms with Gasteiger partial charge in [-0.2, -0.15) is 0 Å². The Morgan fingerprint density at radius 1 is 1.06 bits per heavy atom. The molecule has 0 saturated heterocycles. The lowest BCUT2D eigenvalue weighted by molar-refractivity contribution is -0.134. The molecule has 0 aromatic carbocycles. The minimum atomic E-state index is -1.37. The molecule has 0 unspecified atom stereocenters. The number of H-pyrrole nitrogens is 1. The van der Waals surface area contributed by atoms with E-state index in [9.17, 15) is 29.1 Å². The van der Waals surface area contributed by atoms with Gasteiger partial charge in [-0.25, -0.2) is 4.98 Å². The highest BCUT2D eigenvalue weighted by atomic mass is 16.3. The number of imidazole rings is 1. The number of aromatic amines is 1. The van der Waals surface area contributed by atoms with Gasteiger partial charge in [0.05, 0.1) is 25.2 Å². The molecular weight excluding hydrogens is 422 g/mol. The number of hydrogen-bond donors (Lipinski definition) is 7. The zero-order chi connectivity index (χ0) is 24.3. The van der Waals surface area contributed by atoms with E-state index in [-0.39, 0.29) is 18.9 Å². The van der Waals surface area contributed by atoms with Gasteiger partial charge in [0, 0.05) is 19.5 Å². The zero-order valence-corrected chi connectivity index (χ0v) is 18.3. The zero-order valence-electron chi connectivity index (χ0n) is 18.3. The SMILES string of the molecule is CC(=O)NCC(=O)N[C@@H](CO)C(=O)N[C@@H](Cc1c[nH]cn1)C(=O)N[C@@H](CC(C)C)C(N)=O. The number of nitrogens with one attached hydrogen (secondary N) is 5. The largest absolute Gasteiger partial charge is 0.394 e. The van der Waals surface area contributed by atoms with Crippen molar-refractivity contribution in [3.05, 3.63) is 18.2 Å². The summed E-state index contributed by atoms with van der Waals surface area (Å²) in [7, 11) is 0. The van der Waals surface area contributed by atoms with Crippen LogP contribution < -0.4 is 27.0 Å². The van der Waals surface area contributed by atoms with E-state index >= 15 is 0 Å². The smallest absolute Gasteiger partial charge is 0.245 e. The Kier molecular flexibility index (Phi) is 10.8. The number of aromatic nitrogens is 2. The molecule has 0 aliphatic rings. The first kappa shape index (κ1) is 26.6. The summed E-state index contributed by atoms with van der Waals surface area (Å²) in [5, 5.41) is 19.0. The number of aliphatic hydroxyl groups excluding tert-OH is 1. The molecule has 0 bridgehead atoms. The maximum atomic E-state index is 12.8. The lowest BCUT2D eigenvalue weighted by atomic mass is 10.0. The Labute approximate surface area is 185 Å². The summed E-state index contributed by atoms with van der Waals surface area (Å²) >= 11 is 0. The summed E-state index contributed by atoms with van der Waals surface area (Å²) in [6.07, 6.45) is 3.22. The van der Waals surface area contributed by atoms with Gasteiger partial charge < -0.3 is 37.1 Å². The summed E-state index contributed by atoms with van der Waals surface area (Å²) in [4.78, 5) is 66.7. The van der Waals surface area contributed by atoms with Crippen LogP contribution in [0, 0.1) is 5.92 Å². The number of nitrogens with two attached hydrogens (primary N) is 1. The summed E-state index contributed by atoms with van der Waals surface area (Å²) in [5.41, 5.74) is 5.83. The molecular formula is C19H31N7O6. The first-order chi connectivity index (χ1) is 15.0. The van der Waals surface area contributed by atoms with Gasteiger partial charge in [-0.3, -0.25) is 24.0 Å². The highest BCUT2D eigenvalue weighted by Crippen LogP contribution is 2.06. The predicted molar refractivity (Wildman–Crippen MR) is 113 cm³/mol. The quantitative estimate of drug-likeness (QED) is 0.165. The lowest BCUT2D eigenvalue weighted by Gasteiger charge is -2.24. The monoisotopic (exact) mass is 453 g/mol. The topological polar surface area (TPSA) is 208 Å². The van der Waals surface area contributed by atoms with E-state index in [1.807, 2.05) is 13.8 Å². The van der Waals surface area contributed by atoms with Crippen molar-refractivity contribution in [3.63, 3.8) is 0 Å². The van der Waals surface area contributed by atoms with Crippen molar-refractivity contribution in [2.24, 2.45) is 11.7 Å². The van der Waals surface area contributed by atoms with E-state index < -0.39 is 54.3 Å². The summed E-state index contributed by atoms with van der Waals surface area (Å²) < 4.78 is 0. The second-order valence-corrected chi connectivity index (χ2v) is 7.63. The second-order valence-electron chi connectivity index (χ2n) is 7.63. The number of amides is 5. The number of rotatable bonds is 13. The molecule has 1 rings (SSSR count). The number of primary amides is 1. The minimum Gasteiger partial charge on any atom is -0.394 e. The number of hydrogen-bond acceptors (Lipinski definition) is 7. The molecule has 1 heterocycles. The molecule has 0 radical (unpaired) electrons. The van der Waals surface area contributed by atoms with Gasteiger partial charge in [0.2, 0.25) is 29.5 Å². The molecule has 13 heteroatoms. The lowest BCUT2D eigenvalue weighted by Crippen LogP contribution is -2.58. The van der Waals surface area contributed by atoms with Crippen molar-refractivity contribution >= 4 is 29.5 Å². The molecule has 32 heavy (non-hydrogen) atoms. The van der Waals surface area contributed by atoms with Crippen LogP contribution in [0.15, 0.2) is 12.5 Å². The maximum Gasteiger partial charge on any atom is 0.245 e. The maximum absolute atomic E-state index is 12.8. The molecule has 8 N–H and O–H groups in total.